The molecule has 0 bridgehead atoms. The van der Waals surface area contributed by atoms with Crippen LogP contribution in [0, 0.1) is 0 Å². The number of rotatable bonds is 7. The lowest BCUT2D eigenvalue weighted by Crippen LogP contribution is -2.43. The Hall–Kier alpha value is -1.96. The minimum Gasteiger partial charge on any atom is -0.352 e. The molecule has 1 rings (SSSR count). The van der Waals surface area contributed by atoms with Crippen molar-refractivity contribution >= 4 is 11.8 Å². The number of carbonyl (C=O) groups excluding carboxylic acids is 2. The summed E-state index contributed by atoms with van der Waals surface area (Å²) in [7, 11) is 0. The number of nitrogens with zero attached hydrogens (tertiary/aromatic N) is 4. The van der Waals surface area contributed by atoms with E-state index in [1.54, 1.807) is 6.20 Å². The van der Waals surface area contributed by atoms with Crippen molar-refractivity contribution in [2.45, 2.75) is 39.9 Å². The van der Waals surface area contributed by atoms with Crippen molar-refractivity contribution in [2.24, 2.45) is 5.73 Å². The minimum absolute atomic E-state index is 0.0476. The third-order valence-corrected chi connectivity index (χ3v) is 2.61. The van der Waals surface area contributed by atoms with Gasteiger partial charge in [-0.3, -0.25) is 9.59 Å². The van der Waals surface area contributed by atoms with E-state index in [-0.39, 0.29) is 37.5 Å². The molecule has 0 spiro atoms. The number of hydrogen-bond donors (Lipinski definition) is 2. The maximum absolute atomic E-state index is 12.1. The highest BCUT2D eigenvalue weighted by Crippen LogP contribution is 1.96. The van der Waals surface area contributed by atoms with Gasteiger partial charge in [0.1, 0.15) is 6.54 Å². The van der Waals surface area contributed by atoms with Gasteiger partial charge in [0, 0.05) is 19.1 Å². The molecule has 3 N–H and O–H groups in total. The van der Waals surface area contributed by atoms with Crippen molar-refractivity contribution in [1.29, 1.82) is 0 Å². The summed E-state index contributed by atoms with van der Waals surface area (Å²) in [5.41, 5.74) is 6.05. The monoisotopic (exact) mass is 282 g/mol. The number of likely N-dealkylation sites (N-methyl/N-ethyl adjacent to an activating group) is 1. The van der Waals surface area contributed by atoms with Gasteiger partial charge in [0.15, 0.2) is 0 Å². The molecule has 0 saturated heterocycles. The van der Waals surface area contributed by atoms with E-state index in [0.29, 0.717) is 12.2 Å². The SMILES string of the molecule is CCN(CC(=O)NC(C)C)C(=O)Cn1cc(CN)nn1. The van der Waals surface area contributed by atoms with E-state index < -0.39 is 0 Å². The van der Waals surface area contributed by atoms with Crippen molar-refractivity contribution in [2.75, 3.05) is 13.1 Å². The Balaban J connectivity index is 2.56. The maximum Gasteiger partial charge on any atom is 0.244 e. The van der Waals surface area contributed by atoms with Crippen molar-refractivity contribution in [3.63, 3.8) is 0 Å². The van der Waals surface area contributed by atoms with Gasteiger partial charge < -0.3 is 16.0 Å². The van der Waals surface area contributed by atoms with E-state index in [2.05, 4.69) is 15.6 Å². The van der Waals surface area contributed by atoms with Crippen LogP contribution in [0.3, 0.4) is 0 Å². The van der Waals surface area contributed by atoms with Gasteiger partial charge in [0.2, 0.25) is 11.8 Å². The fraction of sp³-hybridized carbons (Fsp3) is 0.667. The second-order valence-corrected chi connectivity index (χ2v) is 4.74. The van der Waals surface area contributed by atoms with Gasteiger partial charge in [-0.1, -0.05) is 5.21 Å². The second kappa shape index (κ2) is 7.59. The Kier molecular flexibility index (Phi) is 6.10. The van der Waals surface area contributed by atoms with Crippen molar-refractivity contribution in [3.8, 4) is 0 Å². The van der Waals surface area contributed by atoms with Gasteiger partial charge in [-0.25, -0.2) is 4.68 Å². The first-order valence-corrected chi connectivity index (χ1v) is 6.62. The van der Waals surface area contributed by atoms with Crippen LogP contribution in [0.2, 0.25) is 0 Å². The zero-order valence-electron chi connectivity index (χ0n) is 12.2. The van der Waals surface area contributed by atoms with Gasteiger partial charge >= 0.3 is 0 Å². The molecule has 1 aromatic heterocycles. The fourth-order valence-electron chi connectivity index (χ4n) is 1.67. The molecular weight excluding hydrogens is 260 g/mol. The lowest BCUT2D eigenvalue weighted by molar-refractivity contribution is -0.136. The van der Waals surface area contributed by atoms with Gasteiger partial charge in [0.25, 0.3) is 0 Å². The predicted octanol–water partition coefficient (Wildman–Crippen LogP) is -0.890. The number of nitrogens with one attached hydrogen (secondary N) is 1. The molecular formula is C12H22N6O2. The zero-order valence-corrected chi connectivity index (χ0v) is 12.2. The Morgan fingerprint density at radius 2 is 2.20 bits per heavy atom. The third kappa shape index (κ3) is 4.96. The molecule has 0 atom stereocenters. The van der Waals surface area contributed by atoms with Gasteiger partial charge in [-0.2, -0.15) is 0 Å². The molecule has 0 aliphatic carbocycles. The van der Waals surface area contributed by atoms with Crippen LogP contribution in [0.15, 0.2) is 6.20 Å². The molecule has 8 heteroatoms. The molecule has 0 radical (unpaired) electrons. The molecule has 8 nitrogen and oxygen atoms in total. The highest BCUT2D eigenvalue weighted by atomic mass is 16.2. The number of hydrogen-bond acceptors (Lipinski definition) is 5. The molecule has 0 unspecified atom stereocenters. The van der Waals surface area contributed by atoms with Crippen LogP contribution in [0.1, 0.15) is 26.5 Å². The van der Waals surface area contributed by atoms with Gasteiger partial charge in [0.05, 0.1) is 18.4 Å². The molecule has 2 amide bonds. The smallest absolute Gasteiger partial charge is 0.244 e. The molecule has 20 heavy (non-hydrogen) atoms. The van der Waals surface area contributed by atoms with Crippen molar-refractivity contribution in [1.82, 2.24) is 25.2 Å². The molecule has 0 aliphatic heterocycles. The van der Waals surface area contributed by atoms with E-state index in [1.807, 2.05) is 20.8 Å². The Bertz CT molecular complexity index is 457. The van der Waals surface area contributed by atoms with Crippen LogP contribution < -0.4 is 11.1 Å². The van der Waals surface area contributed by atoms with Crippen LogP contribution >= 0.6 is 0 Å². The largest absolute Gasteiger partial charge is 0.352 e. The molecule has 0 aromatic carbocycles. The fourth-order valence-corrected chi connectivity index (χ4v) is 1.67. The summed E-state index contributed by atoms with van der Waals surface area (Å²) < 4.78 is 1.42. The van der Waals surface area contributed by atoms with Crippen LogP contribution in [-0.4, -0.2) is 50.8 Å². The summed E-state index contributed by atoms with van der Waals surface area (Å²) in [6, 6.07) is 0.0544. The van der Waals surface area contributed by atoms with E-state index in [0.717, 1.165) is 0 Å². The summed E-state index contributed by atoms with van der Waals surface area (Å²) in [6.45, 7) is 6.42. The molecule has 112 valence electrons. The van der Waals surface area contributed by atoms with Crippen LogP contribution in [0.25, 0.3) is 0 Å². The summed E-state index contributed by atoms with van der Waals surface area (Å²) in [4.78, 5) is 25.2. The number of nitrogens with two attached hydrogens (primary N) is 1. The Morgan fingerprint density at radius 1 is 1.50 bits per heavy atom. The topological polar surface area (TPSA) is 106 Å². The molecule has 0 aliphatic rings. The van der Waals surface area contributed by atoms with E-state index >= 15 is 0 Å². The number of aromatic nitrogens is 3. The number of amides is 2. The Labute approximate surface area is 118 Å². The normalized spacial score (nSPS) is 10.7. The van der Waals surface area contributed by atoms with Gasteiger partial charge in [-0.15, -0.1) is 5.10 Å². The molecule has 1 aromatic rings. The first-order valence-electron chi connectivity index (χ1n) is 6.62. The average Bonchev–Trinajstić information content (AvgIpc) is 2.82. The van der Waals surface area contributed by atoms with E-state index in [4.69, 9.17) is 5.73 Å². The standard InChI is InChI=1S/C12H22N6O2/c1-4-17(7-11(19)14-9(2)3)12(20)8-18-6-10(5-13)15-16-18/h6,9H,4-5,7-8,13H2,1-3H3,(H,14,19). The molecule has 0 saturated carbocycles. The predicted molar refractivity (Wildman–Crippen MR) is 73.4 cm³/mol. The Morgan fingerprint density at radius 3 is 2.70 bits per heavy atom. The number of carbonyl (C=O) groups is 2. The first-order chi connectivity index (χ1) is 9.46. The maximum atomic E-state index is 12.1. The quantitative estimate of drug-likeness (QED) is 0.675. The summed E-state index contributed by atoms with van der Waals surface area (Å²) in [5.74, 6) is -0.351. The summed E-state index contributed by atoms with van der Waals surface area (Å²) >= 11 is 0. The van der Waals surface area contributed by atoms with Crippen LogP contribution in [0.5, 0.6) is 0 Å². The highest BCUT2D eigenvalue weighted by Gasteiger charge is 2.17. The van der Waals surface area contributed by atoms with Crippen molar-refractivity contribution < 1.29 is 9.59 Å². The van der Waals surface area contributed by atoms with Gasteiger partial charge in [-0.05, 0) is 20.8 Å². The van der Waals surface area contributed by atoms with Crippen molar-refractivity contribution in [3.05, 3.63) is 11.9 Å². The lowest BCUT2D eigenvalue weighted by Gasteiger charge is -2.21. The zero-order chi connectivity index (χ0) is 15.1. The second-order valence-electron chi connectivity index (χ2n) is 4.74. The summed E-state index contributed by atoms with van der Waals surface area (Å²) in [6.07, 6.45) is 1.62. The molecule has 1 heterocycles. The lowest BCUT2D eigenvalue weighted by atomic mass is 10.3. The van der Waals surface area contributed by atoms with Crippen LogP contribution in [0.4, 0.5) is 0 Å². The summed E-state index contributed by atoms with van der Waals surface area (Å²) in [5, 5.41) is 10.4. The highest BCUT2D eigenvalue weighted by molar-refractivity contribution is 5.84. The minimum atomic E-state index is -0.181. The van der Waals surface area contributed by atoms with E-state index in [1.165, 1.54) is 9.58 Å². The molecule has 0 fully saturated rings. The third-order valence-electron chi connectivity index (χ3n) is 2.61. The first kappa shape index (κ1) is 16.1. The van der Waals surface area contributed by atoms with Crippen LogP contribution in [-0.2, 0) is 22.7 Å². The average molecular weight is 282 g/mol. The van der Waals surface area contributed by atoms with E-state index in [9.17, 15) is 9.59 Å².